The van der Waals surface area contributed by atoms with Crippen LogP contribution in [0.3, 0.4) is 0 Å². The monoisotopic (exact) mass is 207 g/mol. The molecule has 0 saturated carbocycles. The highest BCUT2D eigenvalue weighted by atomic mass is 32.1. The molecule has 0 fully saturated rings. The molecule has 0 saturated heterocycles. The van der Waals surface area contributed by atoms with E-state index < -0.39 is 0 Å². The van der Waals surface area contributed by atoms with Crippen LogP contribution in [-0.2, 0) is 13.5 Å². The van der Waals surface area contributed by atoms with Crippen molar-refractivity contribution in [2.24, 2.45) is 7.05 Å². The van der Waals surface area contributed by atoms with Crippen molar-refractivity contribution >= 4 is 17.1 Å². The van der Waals surface area contributed by atoms with E-state index in [1.54, 1.807) is 23.2 Å². The molecule has 0 aliphatic rings. The van der Waals surface area contributed by atoms with E-state index in [0.717, 1.165) is 5.01 Å². The number of nitrogens with zero attached hydrogens (tertiary/aromatic N) is 3. The number of ketones is 1. The summed E-state index contributed by atoms with van der Waals surface area (Å²) in [6.07, 6.45) is 5.42. The van der Waals surface area contributed by atoms with Crippen molar-refractivity contribution in [2.45, 2.75) is 6.42 Å². The van der Waals surface area contributed by atoms with Crippen LogP contribution in [0.5, 0.6) is 0 Å². The number of carbonyl (C=O) groups excluding carboxylic acids is 1. The lowest BCUT2D eigenvalue weighted by atomic mass is 10.3. The van der Waals surface area contributed by atoms with Crippen LogP contribution in [0.2, 0.25) is 0 Å². The van der Waals surface area contributed by atoms with E-state index in [0.29, 0.717) is 12.2 Å². The summed E-state index contributed by atoms with van der Waals surface area (Å²) in [7, 11) is 1.81. The Morgan fingerprint density at radius 2 is 2.36 bits per heavy atom. The van der Waals surface area contributed by atoms with Gasteiger partial charge < -0.3 is 4.57 Å². The molecule has 0 aliphatic heterocycles. The largest absolute Gasteiger partial charge is 0.332 e. The summed E-state index contributed by atoms with van der Waals surface area (Å²) in [5.41, 5.74) is 0. The Labute approximate surface area is 85.2 Å². The molecule has 0 unspecified atom stereocenters. The molecule has 72 valence electrons. The molecule has 5 heteroatoms. The van der Waals surface area contributed by atoms with E-state index in [4.69, 9.17) is 0 Å². The second-order valence-corrected chi connectivity index (χ2v) is 3.87. The Balaban J connectivity index is 2.14. The number of aromatic nitrogens is 3. The maximum Gasteiger partial charge on any atom is 0.205 e. The van der Waals surface area contributed by atoms with E-state index in [-0.39, 0.29) is 5.78 Å². The highest BCUT2D eigenvalue weighted by Gasteiger charge is 2.12. The van der Waals surface area contributed by atoms with Crippen molar-refractivity contribution in [3.63, 3.8) is 0 Å². The van der Waals surface area contributed by atoms with Gasteiger partial charge in [0.25, 0.3) is 0 Å². The number of Topliss-reactive ketones (excluding diaryl/α,β-unsaturated/α-hetero) is 1. The van der Waals surface area contributed by atoms with E-state index in [2.05, 4.69) is 9.97 Å². The minimum absolute atomic E-state index is 0.00690. The first-order valence-corrected chi connectivity index (χ1v) is 5.04. The zero-order valence-corrected chi connectivity index (χ0v) is 8.49. The summed E-state index contributed by atoms with van der Waals surface area (Å²) in [6.45, 7) is 0. The van der Waals surface area contributed by atoms with Crippen LogP contribution in [-0.4, -0.2) is 20.3 Å². The maximum atomic E-state index is 11.7. The lowest BCUT2D eigenvalue weighted by molar-refractivity contribution is 0.0980. The number of hydrogen-bond donors (Lipinski definition) is 0. The predicted octanol–water partition coefficient (Wildman–Crippen LogP) is 1.30. The van der Waals surface area contributed by atoms with Gasteiger partial charge in [0.05, 0.1) is 6.42 Å². The fourth-order valence-corrected chi connectivity index (χ4v) is 1.81. The molecule has 2 heterocycles. The van der Waals surface area contributed by atoms with Crippen molar-refractivity contribution in [1.82, 2.24) is 14.5 Å². The number of imidazole rings is 1. The SMILES string of the molecule is Cn1ccnc1C(=O)Cc1nccs1. The van der Waals surface area contributed by atoms with Gasteiger partial charge in [0.15, 0.2) is 5.82 Å². The van der Waals surface area contributed by atoms with Crippen LogP contribution in [0.25, 0.3) is 0 Å². The summed E-state index contributed by atoms with van der Waals surface area (Å²) in [6, 6.07) is 0. The van der Waals surface area contributed by atoms with E-state index in [9.17, 15) is 4.79 Å². The predicted molar refractivity (Wildman–Crippen MR) is 53.4 cm³/mol. The number of carbonyl (C=O) groups is 1. The van der Waals surface area contributed by atoms with E-state index in [1.165, 1.54) is 11.3 Å². The third-order valence-electron chi connectivity index (χ3n) is 1.87. The second kappa shape index (κ2) is 3.71. The Morgan fingerprint density at radius 1 is 1.50 bits per heavy atom. The molecule has 4 nitrogen and oxygen atoms in total. The van der Waals surface area contributed by atoms with E-state index >= 15 is 0 Å². The molecular weight excluding hydrogens is 198 g/mol. The summed E-state index contributed by atoms with van der Waals surface area (Å²) >= 11 is 1.49. The first kappa shape index (κ1) is 9.08. The molecule has 0 spiro atoms. The van der Waals surface area contributed by atoms with Crippen molar-refractivity contribution in [3.8, 4) is 0 Å². The van der Waals surface area contributed by atoms with Gasteiger partial charge in [-0.05, 0) is 0 Å². The lowest BCUT2D eigenvalue weighted by Gasteiger charge is -1.97. The average molecular weight is 207 g/mol. The number of rotatable bonds is 3. The Bertz CT molecular complexity index is 433. The molecule has 2 aromatic rings. The number of aryl methyl sites for hydroxylation is 1. The molecule has 0 amide bonds. The van der Waals surface area contributed by atoms with E-state index in [1.807, 2.05) is 12.4 Å². The molecular formula is C9H9N3OS. The fourth-order valence-electron chi connectivity index (χ4n) is 1.19. The van der Waals surface area contributed by atoms with Gasteiger partial charge >= 0.3 is 0 Å². The first-order chi connectivity index (χ1) is 6.77. The van der Waals surface area contributed by atoms with Gasteiger partial charge in [0, 0.05) is 31.0 Å². The van der Waals surface area contributed by atoms with Gasteiger partial charge in [0.1, 0.15) is 5.01 Å². The quantitative estimate of drug-likeness (QED) is 0.713. The summed E-state index contributed by atoms with van der Waals surface area (Å²) in [5.74, 6) is 0.493. The molecule has 14 heavy (non-hydrogen) atoms. The third kappa shape index (κ3) is 1.72. The summed E-state index contributed by atoms with van der Waals surface area (Å²) in [5, 5.41) is 2.69. The highest BCUT2D eigenvalue weighted by molar-refractivity contribution is 7.09. The van der Waals surface area contributed by atoms with Crippen LogP contribution in [0.1, 0.15) is 15.6 Å². The third-order valence-corrected chi connectivity index (χ3v) is 2.65. The van der Waals surface area contributed by atoms with Crippen molar-refractivity contribution in [2.75, 3.05) is 0 Å². The van der Waals surface area contributed by atoms with Gasteiger partial charge in [-0.2, -0.15) is 0 Å². The van der Waals surface area contributed by atoms with Crippen molar-refractivity contribution < 1.29 is 4.79 Å². The van der Waals surface area contributed by atoms with Gasteiger partial charge in [-0.15, -0.1) is 11.3 Å². The minimum Gasteiger partial charge on any atom is -0.332 e. The molecule has 0 aromatic carbocycles. The normalized spacial score (nSPS) is 10.4. The molecule has 0 aliphatic carbocycles. The van der Waals surface area contributed by atoms with Crippen LogP contribution in [0, 0.1) is 0 Å². The standard InChI is InChI=1S/C9H9N3OS/c1-12-4-2-11-9(12)7(13)6-8-10-3-5-14-8/h2-5H,6H2,1H3. The molecule has 0 N–H and O–H groups in total. The molecule has 0 atom stereocenters. The zero-order chi connectivity index (χ0) is 9.97. The topological polar surface area (TPSA) is 47.8 Å². The fraction of sp³-hybridized carbons (Fsp3) is 0.222. The summed E-state index contributed by atoms with van der Waals surface area (Å²) in [4.78, 5) is 19.7. The Kier molecular flexibility index (Phi) is 2.41. The Hall–Kier alpha value is -1.49. The smallest absolute Gasteiger partial charge is 0.205 e. The van der Waals surface area contributed by atoms with Crippen molar-refractivity contribution in [1.29, 1.82) is 0 Å². The van der Waals surface area contributed by atoms with Gasteiger partial charge in [-0.3, -0.25) is 4.79 Å². The molecule has 0 bridgehead atoms. The number of hydrogen-bond acceptors (Lipinski definition) is 4. The highest BCUT2D eigenvalue weighted by Crippen LogP contribution is 2.08. The van der Waals surface area contributed by atoms with Crippen molar-refractivity contribution in [3.05, 3.63) is 34.8 Å². The van der Waals surface area contributed by atoms with Gasteiger partial charge in [0.2, 0.25) is 5.78 Å². The van der Waals surface area contributed by atoms with Gasteiger partial charge in [-0.1, -0.05) is 0 Å². The minimum atomic E-state index is 0.00690. The number of thiazole rings is 1. The zero-order valence-electron chi connectivity index (χ0n) is 7.67. The maximum absolute atomic E-state index is 11.7. The lowest BCUT2D eigenvalue weighted by Crippen LogP contribution is -2.09. The van der Waals surface area contributed by atoms with Gasteiger partial charge in [-0.25, -0.2) is 9.97 Å². The van der Waals surface area contributed by atoms with Crippen LogP contribution >= 0.6 is 11.3 Å². The van der Waals surface area contributed by atoms with Crippen LogP contribution in [0.15, 0.2) is 24.0 Å². The van der Waals surface area contributed by atoms with Crippen LogP contribution < -0.4 is 0 Å². The molecule has 0 radical (unpaired) electrons. The molecule has 2 aromatic heterocycles. The second-order valence-electron chi connectivity index (χ2n) is 2.89. The first-order valence-electron chi connectivity index (χ1n) is 4.16. The summed E-state index contributed by atoms with van der Waals surface area (Å²) < 4.78 is 1.72. The Morgan fingerprint density at radius 3 is 2.93 bits per heavy atom. The molecule has 2 rings (SSSR count). The average Bonchev–Trinajstić information content (AvgIpc) is 2.75. The van der Waals surface area contributed by atoms with Crippen LogP contribution in [0.4, 0.5) is 0 Å².